The second-order valence-corrected chi connectivity index (χ2v) is 9.75. The van der Waals surface area contributed by atoms with Gasteiger partial charge in [-0.05, 0) is 62.1 Å². The van der Waals surface area contributed by atoms with E-state index in [1.165, 1.54) is 6.92 Å². The van der Waals surface area contributed by atoms with Crippen LogP contribution in [0.3, 0.4) is 0 Å². The lowest BCUT2D eigenvalue weighted by Crippen LogP contribution is -2.34. The Kier molecular flexibility index (Phi) is 8.14. The second kappa shape index (κ2) is 11.5. The average Bonchev–Trinajstić information content (AvgIpc) is 3.20. The fraction of sp³-hybridized carbons (Fsp3) is 0.207. The van der Waals surface area contributed by atoms with Crippen LogP contribution >= 0.6 is 11.6 Å². The minimum absolute atomic E-state index is 0.0229. The number of anilines is 1. The second-order valence-electron chi connectivity index (χ2n) is 9.32. The minimum Gasteiger partial charge on any atom is -0.494 e. The molecule has 1 heterocycles. The number of carbonyl (C=O) groups excluding carboxylic acids is 2. The van der Waals surface area contributed by atoms with Gasteiger partial charge in [-0.15, -0.1) is 0 Å². The van der Waals surface area contributed by atoms with Crippen molar-refractivity contribution in [3.05, 3.63) is 88.4 Å². The number of fused-ring (bicyclic) bond motifs is 1. The summed E-state index contributed by atoms with van der Waals surface area (Å²) in [7, 11) is 5.44. The molecule has 4 rings (SSSR count). The highest BCUT2D eigenvalue weighted by Gasteiger charge is 2.20. The number of hydrogen-bond donors (Lipinski definition) is 3. The van der Waals surface area contributed by atoms with E-state index in [1.54, 1.807) is 24.1 Å². The van der Waals surface area contributed by atoms with Gasteiger partial charge in [-0.25, -0.2) is 4.99 Å². The molecule has 0 fully saturated rings. The maximum absolute atomic E-state index is 12.5. The third kappa shape index (κ3) is 6.22. The number of aliphatic imine (C=N–C) groups is 1. The molecule has 3 aromatic carbocycles. The highest BCUT2D eigenvalue weighted by Crippen LogP contribution is 2.33. The van der Waals surface area contributed by atoms with Crippen molar-refractivity contribution in [2.45, 2.75) is 13.5 Å². The first-order valence-corrected chi connectivity index (χ1v) is 12.4. The van der Waals surface area contributed by atoms with Gasteiger partial charge in [0.2, 0.25) is 11.8 Å². The topological polar surface area (TPSA) is 101 Å². The van der Waals surface area contributed by atoms with E-state index in [1.807, 2.05) is 73.6 Å². The number of halogens is 1. The third-order valence-corrected chi connectivity index (χ3v) is 6.26. The van der Waals surface area contributed by atoms with Crippen LogP contribution in [0, 0.1) is 0 Å². The number of aromatic nitrogens is 1. The highest BCUT2D eigenvalue weighted by atomic mass is 35.5. The Balaban J connectivity index is 1.79. The molecule has 0 saturated heterocycles. The molecule has 0 aliphatic heterocycles. The molecule has 2 amide bonds. The van der Waals surface area contributed by atoms with E-state index in [2.05, 4.69) is 10.3 Å². The molecule has 0 spiro atoms. The van der Waals surface area contributed by atoms with Gasteiger partial charge in [0, 0.05) is 42.2 Å². The molecule has 1 aromatic heterocycles. The maximum Gasteiger partial charge on any atom is 0.240 e. The van der Waals surface area contributed by atoms with Gasteiger partial charge in [-0.2, -0.15) is 0 Å². The number of nitrogens with zero attached hydrogens (tertiary/aromatic N) is 3. The van der Waals surface area contributed by atoms with E-state index in [9.17, 15) is 14.7 Å². The summed E-state index contributed by atoms with van der Waals surface area (Å²) in [4.78, 5) is 35.3. The first-order chi connectivity index (χ1) is 18.1. The first-order valence-electron chi connectivity index (χ1n) is 12.1. The molecule has 0 saturated carbocycles. The summed E-state index contributed by atoms with van der Waals surface area (Å²) >= 11 is 6.18. The predicted molar refractivity (Wildman–Crippen MR) is 153 cm³/mol. The summed E-state index contributed by atoms with van der Waals surface area (Å²) in [6, 6.07) is 20.4. The smallest absolute Gasteiger partial charge is 0.240 e. The molecule has 0 radical (unpaired) electrons. The lowest BCUT2D eigenvalue weighted by atomic mass is 9.99. The number of aromatic amines is 1. The van der Waals surface area contributed by atoms with E-state index >= 15 is 0 Å². The van der Waals surface area contributed by atoms with Crippen LogP contribution in [0.4, 0.5) is 11.4 Å². The van der Waals surface area contributed by atoms with Crippen LogP contribution in [0.15, 0.2) is 71.7 Å². The molecule has 0 aliphatic rings. The Hall–Kier alpha value is -4.14. The van der Waals surface area contributed by atoms with Gasteiger partial charge in [0.05, 0.1) is 29.0 Å². The van der Waals surface area contributed by atoms with Gasteiger partial charge in [0.1, 0.15) is 0 Å². The summed E-state index contributed by atoms with van der Waals surface area (Å²) in [5, 5.41) is 15.1. The van der Waals surface area contributed by atoms with Crippen LogP contribution in [-0.4, -0.2) is 60.2 Å². The zero-order valence-corrected chi connectivity index (χ0v) is 22.5. The van der Waals surface area contributed by atoms with Crippen molar-refractivity contribution in [1.29, 1.82) is 0 Å². The van der Waals surface area contributed by atoms with E-state index in [-0.39, 0.29) is 17.7 Å². The lowest BCUT2D eigenvalue weighted by molar-refractivity contribution is -0.119. The van der Waals surface area contributed by atoms with E-state index < -0.39 is 0 Å². The van der Waals surface area contributed by atoms with Crippen LogP contribution in [0.25, 0.3) is 10.9 Å². The number of benzene rings is 3. The molecule has 9 heteroatoms. The fourth-order valence-corrected chi connectivity index (χ4v) is 4.29. The number of H-pyrrole nitrogens is 1. The van der Waals surface area contributed by atoms with Gasteiger partial charge in [-0.1, -0.05) is 35.9 Å². The summed E-state index contributed by atoms with van der Waals surface area (Å²) < 4.78 is 0. The van der Waals surface area contributed by atoms with E-state index in [0.717, 1.165) is 22.2 Å². The monoisotopic (exact) mass is 531 g/mol. The average molecular weight is 532 g/mol. The van der Waals surface area contributed by atoms with Gasteiger partial charge >= 0.3 is 0 Å². The molecular weight excluding hydrogens is 502 g/mol. The number of rotatable bonds is 8. The van der Waals surface area contributed by atoms with Crippen molar-refractivity contribution < 1.29 is 14.7 Å². The minimum atomic E-state index is -0.121. The fourth-order valence-electron chi connectivity index (χ4n) is 4.12. The van der Waals surface area contributed by atoms with Gasteiger partial charge in [0.25, 0.3) is 0 Å². The largest absolute Gasteiger partial charge is 0.494 e. The number of carbonyl (C=O) groups is 2. The normalized spacial score (nSPS) is 11.7. The first kappa shape index (κ1) is 26.9. The van der Waals surface area contributed by atoms with Crippen molar-refractivity contribution >= 4 is 51.4 Å². The molecule has 0 unspecified atom stereocenters. The molecule has 196 valence electrons. The SMILES string of the molecule is CC(=O)NCc1cccc(C(=Nc2ccc(N(C)C(=O)CN(C)C)cc2)c2c(O)[nH]c3cc(Cl)ccc23)c1. The van der Waals surface area contributed by atoms with Crippen molar-refractivity contribution in [2.24, 2.45) is 4.99 Å². The zero-order valence-electron chi connectivity index (χ0n) is 21.7. The summed E-state index contributed by atoms with van der Waals surface area (Å²) in [6.45, 7) is 2.15. The molecule has 38 heavy (non-hydrogen) atoms. The molecule has 0 atom stereocenters. The molecule has 0 aliphatic carbocycles. The quantitative estimate of drug-likeness (QED) is 0.283. The molecular formula is C29H30ClN5O3. The Morgan fingerprint density at radius 1 is 1.03 bits per heavy atom. The molecule has 0 bridgehead atoms. The summed E-state index contributed by atoms with van der Waals surface area (Å²) in [6.07, 6.45) is 0. The Bertz CT molecular complexity index is 1510. The highest BCUT2D eigenvalue weighted by molar-refractivity contribution is 6.31. The van der Waals surface area contributed by atoms with Crippen molar-refractivity contribution in [3.8, 4) is 5.88 Å². The van der Waals surface area contributed by atoms with Crippen LogP contribution < -0.4 is 10.2 Å². The summed E-state index contributed by atoms with van der Waals surface area (Å²) in [5.74, 6) is -0.172. The third-order valence-electron chi connectivity index (χ3n) is 6.02. The van der Waals surface area contributed by atoms with Crippen LogP contribution in [0.2, 0.25) is 5.02 Å². The molecule has 8 nitrogen and oxygen atoms in total. The Labute approximate surface area is 226 Å². The van der Waals surface area contributed by atoms with Crippen LogP contribution in [0.5, 0.6) is 5.88 Å². The number of aromatic hydroxyl groups is 1. The van der Waals surface area contributed by atoms with Crippen LogP contribution in [-0.2, 0) is 16.1 Å². The van der Waals surface area contributed by atoms with Crippen molar-refractivity contribution in [1.82, 2.24) is 15.2 Å². The summed E-state index contributed by atoms with van der Waals surface area (Å²) in [5.41, 5.74) is 4.82. The van der Waals surface area contributed by atoms with Crippen molar-refractivity contribution in [3.63, 3.8) is 0 Å². The van der Waals surface area contributed by atoms with Gasteiger partial charge in [0.15, 0.2) is 5.88 Å². The van der Waals surface area contributed by atoms with Crippen molar-refractivity contribution in [2.75, 3.05) is 32.6 Å². The van der Waals surface area contributed by atoms with Gasteiger partial charge in [-0.3, -0.25) is 9.59 Å². The maximum atomic E-state index is 12.5. The molecule has 3 N–H and O–H groups in total. The Morgan fingerprint density at radius 3 is 2.45 bits per heavy atom. The zero-order chi connectivity index (χ0) is 27.4. The lowest BCUT2D eigenvalue weighted by Gasteiger charge is -2.19. The number of hydrogen-bond acceptors (Lipinski definition) is 5. The van der Waals surface area contributed by atoms with E-state index in [0.29, 0.717) is 40.6 Å². The predicted octanol–water partition coefficient (Wildman–Crippen LogP) is 4.86. The van der Waals surface area contributed by atoms with E-state index in [4.69, 9.17) is 16.6 Å². The van der Waals surface area contributed by atoms with Crippen LogP contribution in [0.1, 0.15) is 23.6 Å². The number of nitrogens with one attached hydrogen (secondary N) is 2. The number of amides is 2. The molecule has 4 aromatic rings. The van der Waals surface area contributed by atoms with Gasteiger partial charge < -0.3 is 25.2 Å². The standard InChI is InChI=1S/C29H30ClN5O3/c1-18(36)31-16-19-6-5-7-20(14-19)28(27-24-13-8-21(30)15-25(24)33-29(27)38)32-22-9-11-23(12-10-22)35(4)26(37)17-34(2)3/h5-15,33,38H,16-17H2,1-4H3,(H,31,36). The number of likely N-dealkylation sites (N-methyl/N-ethyl adjacent to an activating group) is 2. The Morgan fingerprint density at radius 2 is 1.76 bits per heavy atom.